The summed E-state index contributed by atoms with van der Waals surface area (Å²) in [6.07, 6.45) is -0.320. The van der Waals surface area contributed by atoms with E-state index in [0.717, 1.165) is 0 Å². The fourth-order valence-electron chi connectivity index (χ4n) is 1.75. The fourth-order valence-corrected chi connectivity index (χ4v) is 3.02. The van der Waals surface area contributed by atoms with Gasteiger partial charge in [-0.3, -0.25) is 14.8 Å². The second-order valence-corrected chi connectivity index (χ2v) is 7.21. The van der Waals surface area contributed by atoms with Crippen LogP contribution < -0.4 is 4.52 Å². The molecule has 0 amide bonds. The van der Waals surface area contributed by atoms with Crippen LogP contribution in [0.15, 0.2) is 30.3 Å². The Morgan fingerprint density at radius 1 is 1.36 bits per heavy atom. The first-order valence-electron chi connectivity index (χ1n) is 7.12. The lowest BCUT2D eigenvalue weighted by molar-refractivity contribution is -0.147. The van der Waals surface area contributed by atoms with Crippen LogP contribution in [-0.4, -0.2) is 29.5 Å². The highest BCUT2D eigenvalue weighted by atomic mass is 31.2. The van der Waals surface area contributed by atoms with Crippen LogP contribution in [0.3, 0.4) is 0 Å². The number of hydrogen-bond acceptors (Lipinski definition) is 6. The van der Waals surface area contributed by atoms with Crippen molar-refractivity contribution in [2.24, 2.45) is 5.92 Å². The summed E-state index contributed by atoms with van der Waals surface area (Å²) in [5, 5.41) is 17.3. The summed E-state index contributed by atoms with van der Waals surface area (Å²) in [6, 6.07) is 8.42. The molecule has 1 aromatic rings. The third kappa shape index (κ3) is 5.28. The summed E-state index contributed by atoms with van der Waals surface area (Å²) in [5.74, 6) is -0.412. The van der Waals surface area contributed by atoms with E-state index < -0.39 is 19.6 Å². The van der Waals surface area contributed by atoms with Crippen LogP contribution in [0, 0.1) is 11.3 Å². The SMILES string of the molecule is CCOC(=O)[C@H](C)CCC(=N)[P@](=O)(CO)Oc1ccccc1. The maximum absolute atomic E-state index is 12.5. The molecule has 1 rings (SSSR count). The monoisotopic (exact) mass is 327 g/mol. The van der Waals surface area contributed by atoms with Crippen LogP contribution in [0.5, 0.6) is 5.75 Å². The molecule has 1 aromatic carbocycles. The Labute approximate surface area is 130 Å². The molecule has 0 saturated heterocycles. The topological polar surface area (TPSA) is 96.7 Å². The van der Waals surface area contributed by atoms with E-state index in [4.69, 9.17) is 14.7 Å². The van der Waals surface area contributed by atoms with Gasteiger partial charge in [-0.05, 0) is 31.9 Å². The smallest absolute Gasteiger partial charge is 0.314 e. The van der Waals surface area contributed by atoms with E-state index in [0.29, 0.717) is 18.8 Å². The molecule has 0 fully saturated rings. The molecule has 0 aliphatic carbocycles. The van der Waals surface area contributed by atoms with E-state index in [1.807, 2.05) is 0 Å². The van der Waals surface area contributed by atoms with Crippen molar-refractivity contribution >= 4 is 18.8 Å². The second kappa shape index (κ2) is 8.71. The van der Waals surface area contributed by atoms with Gasteiger partial charge in [-0.15, -0.1) is 0 Å². The zero-order valence-electron chi connectivity index (χ0n) is 12.8. The van der Waals surface area contributed by atoms with E-state index in [9.17, 15) is 14.5 Å². The molecule has 0 heterocycles. The normalized spacial score (nSPS) is 14.7. The van der Waals surface area contributed by atoms with Crippen molar-refractivity contribution in [2.75, 3.05) is 13.0 Å². The van der Waals surface area contributed by atoms with Gasteiger partial charge in [-0.2, -0.15) is 0 Å². The van der Waals surface area contributed by atoms with E-state index in [1.165, 1.54) is 0 Å². The van der Waals surface area contributed by atoms with E-state index in [2.05, 4.69) is 0 Å². The molecule has 2 N–H and O–H groups in total. The van der Waals surface area contributed by atoms with Crippen LogP contribution in [0.2, 0.25) is 0 Å². The zero-order valence-corrected chi connectivity index (χ0v) is 13.7. The molecule has 0 aliphatic rings. The number of carbonyl (C=O) groups excluding carboxylic acids is 1. The molecule has 0 saturated carbocycles. The fraction of sp³-hybridized carbons (Fsp3) is 0.467. The van der Waals surface area contributed by atoms with Gasteiger partial charge in [0, 0.05) is 0 Å². The summed E-state index contributed by atoms with van der Waals surface area (Å²) >= 11 is 0. The van der Waals surface area contributed by atoms with Gasteiger partial charge >= 0.3 is 13.3 Å². The Morgan fingerprint density at radius 2 is 2.00 bits per heavy atom. The van der Waals surface area contributed by atoms with Gasteiger partial charge in [0.25, 0.3) is 0 Å². The third-order valence-corrected chi connectivity index (χ3v) is 5.02. The number of aliphatic hydroxyl groups is 1. The summed E-state index contributed by atoms with van der Waals surface area (Å²) < 4.78 is 22.7. The number of para-hydroxylation sites is 1. The summed E-state index contributed by atoms with van der Waals surface area (Å²) in [4.78, 5) is 11.5. The standard InChI is InChI=1S/C15H22NO5P/c1-3-20-15(18)12(2)9-10-14(16)22(19,11-17)21-13-7-5-4-6-8-13/h4-8,12,16-17H,3,9-11H2,1-2H3/t12-,22+/m1/s1. The minimum atomic E-state index is -3.63. The molecule has 0 spiro atoms. The summed E-state index contributed by atoms with van der Waals surface area (Å²) in [6.45, 7) is 3.71. The molecule has 0 radical (unpaired) electrons. The molecule has 7 heteroatoms. The highest BCUT2D eigenvalue weighted by Gasteiger charge is 2.30. The highest BCUT2D eigenvalue weighted by molar-refractivity contribution is 7.76. The number of esters is 1. The van der Waals surface area contributed by atoms with Crippen molar-refractivity contribution < 1.29 is 23.7 Å². The van der Waals surface area contributed by atoms with Crippen molar-refractivity contribution in [3.63, 3.8) is 0 Å². The van der Waals surface area contributed by atoms with Crippen molar-refractivity contribution in [1.29, 1.82) is 5.41 Å². The molecule has 0 bridgehead atoms. The number of rotatable bonds is 9. The summed E-state index contributed by atoms with van der Waals surface area (Å²) in [7, 11) is -3.63. The Balaban J connectivity index is 2.64. The lowest BCUT2D eigenvalue weighted by Crippen LogP contribution is -2.17. The number of hydrogen-bond donors (Lipinski definition) is 2. The Morgan fingerprint density at radius 3 is 2.55 bits per heavy atom. The van der Waals surface area contributed by atoms with Gasteiger partial charge in [0.2, 0.25) is 0 Å². The first-order chi connectivity index (χ1) is 10.4. The van der Waals surface area contributed by atoms with Gasteiger partial charge in [0.1, 0.15) is 17.6 Å². The van der Waals surface area contributed by atoms with Crippen LogP contribution >= 0.6 is 7.37 Å². The highest BCUT2D eigenvalue weighted by Crippen LogP contribution is 2.48. The lowest BCUT2D eigenvalue weighted by Gasteiger charge is -2.19. The number of nitrogens with one attached hydrogen (secondary N) is 1. The van der Waals surface area contributed by atoms with Crippen molar-refractivity contribution in [3.05, 3.63) is 30.3 Å². The quantitative estimate of drug-likeness (QED) is 0.412. The predicted molar refractivity (Wildman–Crippen MR) is 84.5 cm³/mol. The van der Waals surface area contributed by atoms with Crippen LogP contribution in [0.4, 0.5) is 0 Å². The molecule has 122 valence electrons. The number of ether oxygens (including phenoxy) is 1. The molecule has 2 atom stereocenters. The molecule has 0 aromatic heterocycles. The lowest BCUT2D eigenvalue weighted by atomic mass is 10.1. The van der Waals surface area contributed by atoms with Crippen molar-refractivity contribution in [1.82, 2.24) is 0 Å². The summed E-state index contributed by atoms with van der Waals surface area (Å²) in [5.41, 5.74) is -0.185. The predicted octanol–water partition coefficient (Wildman–Crippen LogP) is 3.25. The van der Waals surface area contributed by atoms with Crippen molar-refractivity contribution in [2.45, 2.75) is 26.7 Å². The maximum Gasteiger partial charge on any atom is 0.314 e. The number of aliphatic hydroxyl groups excluding tert-OH is 1. The third-order valence-electron chi connectivity index (χ3n) is 3.10. The largest absolute Gasteiger partial charge is 0.466 e. The molecule has 22 heavy (non-hydrogen) atoms. The van der Waals surface area contributed by atoms with E-state index in [1.54, 1.807) is 44.2 Å². The van der Waals surface area contributed by atoms with Gasteiger partial charge < -0.3 is 14.4 Å². The average molecular weight is 327 g/mol. The maximum atomic E-state index is 12.5. The molecule has 0 unspecified atom stereocenters. The molecular weight excluding hydrogens is 305 g/mol. The zero-order chi connectivity index (χ0) is 16.6. The van der Waals surface area contributed by atoms with Crippen LogP contribution in [0.1, 0.15) is 26.7 Å². The van der Waals surface area contributed by atoms with Gasteiger partial charge in [0.15, 0.2) is 0 Å². The second-order valence-electron chi connectivity index (χ2n) is 4.86. The van der Waals surface area contributed by atoms with E-state index >= 15 is 0 Å². The minimum Gasteiger partial charge on any atom is -0.466 e. The van der Waals surface area contributed by atoms with Crippen LogP contribution in [-0.2, 0) is 14.1 Å². The minimum absolute atomic E-state index is 0.102. The molecular formula is C15H22NO5P. The Hall–Kier alpha value is -1.65. The first kappa shape index (κ1) is 18.4. The molecule has 6 nitrogen and oxygen atoms in total. The first-order valence-corrected chi connectivity index (χ1v) is 8.93. The average Bonchev–Trinajstić information content (AvgIpc) is 2.53. The van der Waals surface area contributed by atoms with Gasteiger partial charge in [0.05, 0.1) is 12.5 Å². The van der Waals surface area contributed by atoms with E-state index in [-0.39, 0.29) is 17.8 Å². The Bertz CT molecular complexity index is 546. The van der Waals surface area contributed by atoms with Gasteiger partial charge in [-0.25, -0.2) is 0 Å². The van der Waals surface area contributed by atoms with Crippen LogP contribution in [0.25, 0.3) is 0 Å². The number of carbonyl (C=O) groups is 1. The van der Waals surface area contributed by atoms with Gasteiger partial charge in [-0.1, -0.05) is 25.1 Å². The number of benzene rings is 1. The molecule has 0 aliphatic heterocycles. The Kier molecular flexibility index (Phi) is 7.28. The van der Waals surface area contributed by atoms with Crippen molar-refractivity contribution in [3.8, 4) is 5.75 Å².